The van der Waals surface area contributed by atoms with Gasteiger partial charge in [-0.25, -0.2) is 4.79 Å². The van der Waals surface area contributed by atoms with Crippen molar-refractivity contribution in [3.63, 3.8) is 0 Å². The second kappa shape index (κ2) is 7.15. The second-order valence-electron chi connectivity index (χ2n) is 6.49. The van der Waals surface area contributed by atoms with Crippen LogP contribution in [0.2, 0.25) is 0 Å². The van der Waals surface area contributed by atoms with E-state index in [2.05, 4.69) is 10.1 Å². The van der Waals surface area contributed by atoms with Gasteiger partial charge in [0, 0.05) is 10.9 Å². The molecule has 0 radical (unpaired) electrons. The lowest BCUT2D eigenvalue weighted by atomic mass is 10.0. The molecule has 6 heteroatoms. The molecule has 4 aromatic rings. The number of para-hydroxylation sites is 1. The van der Waals surface area contributed by atoms with Crippen LogP contribution in [0.15, 0.2) is 59.1 Å². The molecule has 0 amide bonds. The monoisotopic (exact) mass is 374 g/mol. The van der Waals surface area contributed by atoms with E-state index in [-0.39, 0.29) is 18.0 Å². The maximum absolute atomic E-state index is 13.0. The van der Waals surface area contributed by atoms with Crippen molar-refractivity contribution in [2.24, 2.45) is 0 Å². The molecule has 0 saturated heterocycles. The number of fused-ring (bicyclic) bond motifs is 1. The Labute approximate surface area is 161 Å². The number of ether oxygens (including phenoxy) is 1. The van der Waals surface area contributed by atoms with Gasteiger partial charge in [0.25, 0.3) is 0 Å². The Balaban J connectivity index is 1.66. The van der Waals surface area contributed by atoms with E-state index >= 15 is 0 Å². The fourth-order valence-corrected chi connectivity index (χ4v) is 3.30. The van der Waals surface area contributed by atoms with Crippen LogP contribution in [-0.4, -0.2) is 28.5 Å². The number of rotatable bonds is 5. The fraction of sp³-hybridized carbons (Fsp3) is 0.136. The number of hydrogen-bond acceptors (Lipinski definition) is 5. The highest BCUT2D eigenvalue weighted by atomic mass is 16.5. The average molecular weight is 374 g/mol. The van der Waals surface area contributed by atoms with Gasteiger partial charge in [0.2, 0.25) is 5.78 Å². The first kappa shape index (κ1) is 17.7. The predicted molar refractivity (Wildman–Crippen MR) is 104 cm³/mol. The zero-order chi connectivity index (χ0) is 19.7. The molecule has 0 bridgehead atoms. The number of aryl methyl sites for hydroxylation is 2. The fourth-order valence-electron chi connectivity index (χ4n) is 3.30. The van der Waals surface area contributed by atoms with Crippen LogP contribution in [0, 0.1) is 13.8 Å². The highest BCUT2D eigenvalue weighted by Crippen LogP contribution is 2.30. The van der Waals surface area contributed by atoms with Gasteiger partial charge in [0.1, 0.15) is 11.3 Å². The van der Waals surface area contributed by atoms with Crippen molar-refractivity contribution in [3.05, 3.63) is 77.2 Å². The third kappa shape index (κ3) is 3.09. The van der Waals surface area contributed by atoms with Crippen LogP contribution >= 0.6 is 0 Å². The van der Waals surface area contributed by atoms with Gasteiger partial charge in [-0.1, -0.05) is 53.7 Å². The SMILES string of the molecule is Cc1noc(C)c1C(=O)OCC(=O)c1c(-c2ccccc2)[nH]c2ccccc12. The first-order valence-electron chi connectivity index (χ1n) is 8.85. The van der Waals surface area contributed by atoms with Crippen molar-refractivity contribution in [2.45, 2.75) is 13.8 Å². The normalized spacial score (nSPS) is 10.9. The van der Waals surface area contributed by atoms with Crippen LogP contribution < -0.4 is 0 Å². The highest BCUT2D eigenvalue weighted by molar-refractivity contribution is 6.14. The molecular formula is C22H18N2O4. The molecular weight excluding hydrogens is 356 g/mol. The summed E-state index contributed by atoms with van der Waals surface area (Å²) in [6.45, 7) is 2.91. The van der Waals surface area contributed by atoms with E-state index in [0.717, 1.165) is 16.5 Å². The number of H-pyrrole nitrogens is 1. The minimum Gasteiger partial charge on any atom is -0.454 e. The summed E-state index contributed by atoms with van der Waals surface area (Å²) in [5.41, 5.74) is 3.65. The molecule has 2 aromatic heterocycles. The standard InChI is InChI=1S/C22H18N2O4/c1-13-19(14(2)28-24-13)22(26)27-12-18(25)20-16-10-6-7-11-17(16)23-21(20)15-8-4-3-5-9-15/h3-11,23H,12H2,1-2H3. The number of aromatic amines is 1. The predicted octanol–water partition coefficient (Wildman–Crippen LogP) is 4.48. The summed E-state index contributed by atoms with van der Waals surface area (Å²) in [6, 6.07) is 17.2. The molecule has 1 N–H and O–H groups in total. The summed E-state index contributed by atoms with van der Waals surface area (Å²) < 4.78 is 10.3. The number of Topliss-reactive ketones (excluding diaryl/α,β-unsaturated/α-hetero) is 1. The van der Waals surface area contributed by atoms with Gasteiger partial charge in [0.05, 0.1) is 17.0 Å². The molecule has 2 heterocycles. The lowest BCUT2D eigenvalue weighted by Gasteiger charge is -2.06. The minimum absolute atomic E-state index is 0.259. The smallest absolute Gasteiger partial charge is 0.344 e. The van der Waals surface area contributed by atoms with Gasteiger partial charge in [-0.15, -0.1) is 0 Å². The molecule has 2 aromatic carbocycles. The lowest BCUT2D eigenvalue weighted by molar-refractivity contribution is 0.0473. The van der Waals surface area contributed by atoms with E-state index in [0.29, 0.717) is 22.7 Å². The Hall–Kier alpha value is -3.67. The van der Waals surface area contributed by atoms with Crippen LogP contribution in [0.5, 0.6) is 0 Å². The molecule has 0 fully saturated rings. The van der Waals surface area contributed by atoms with Crippen molar-refractivity contribution in [1.29, 1.82) is 0 Å². The first-order valence-corrected chi connectivity index (χ1v) is 8.85. The Kier molecular flexibility index (Phi) is 4.53. The number of carbonyl (C=O) groups excluding carboxylic acids is 2. The van der Waals surface area contributed by atoms with E-state index in [4.69, 9.17) is 9.26 Å². The number of benzene rings is 2. The Morgan fingerprint density at radius 3 is 2.43 bits per heavy atom. The molecule has 0 atom stereocenters. The van der Waals surface area contributed by atoms with Gasteiger partial charge in [-0.2, -0.15) is 0 Å². The number of hydrogen-bond donors (Lipinski definition) is 1. The number of nitrogens with zero attached hydrogens (tertiary/aromatic N) is 1. The topological polar surface area (TPSA) is 85.2 Å². The number of esters is 1. The first-order chi connectivity index (χ1) is 13.6. The largest absolute Gasteiger partial charge is 0.454 e. The summed E-state index contributed by atoms with van der Waals surface area (Å²) in [4.78, 5) is 28.7. The molecule has 140 valence electrons. The van der Waals surface area contributed by atoms with Crippen LogP contribution in [0.4, 0.5) is 0 Å². The number of aromatic nitrogens is 2. The van der Waals surface area contributed by atoms with Crippen molar-refractivity contribution < 1.29 is 18.8 Å². The zero-order valence-corrected chi connectivity index (χ0v) is 15.5. The van der Waals surface area contributed by atoms with E-state index < -0.39 is 5.97 Å². The van der Waals surface area contributed by atoms with Gasteiger partial charge in [-0.05, 0) is 25.5 Å². The molecule has 0 aliphatic heterocycles. The van der Waals surface area contributed by atoms with Gasteiger partial charge in [-0.3, -0.25) is 4.79 Å². The van der Waals surface area contributed by atoms with Crippen molar-refractivity contribution in [3.8, 4) is 11.3 Å². The quantitative estimate of drug-likeness (QED) is 0.411. The summed E-state index contributed by atoms with van der Waals surface area (Å²) in [5, 5.41) is 4.53. The van der Waals surface area contributed by atoms with Crippen molar-refractivity contribution in [2.75, 3.05) is 6.61 Å². The van der Waals surface area contributed by atoms with Crippen molar-refractivity contribution in [1.82, 2.24) is 10.1 Å². The summed E-state index contributed by atoms with van der Waals surface area (Å²) in [6.07, 6.45) is 0. The Morgan fingerprint density at radius 1 is 1.00 bits per heavy atom. The van der Waals surface area contributed by atoms with Gasteiger partial charge < -0.3 is 14.2 Å². The second-order valence-corrected chi connectivity index (χ2v) is 6.49. The van der Waals surface area contributed by atoms with Crippen molar-refractivity contribution >= 4 is 22.7 Å². The van der Waals surface area contributed by atoms with E-state index in [9.17, 15) is 9.59 Å². The molecule has 0 aliphatic carbocycles. The molecule has 0 aliphatic rings. The molecule has 0 spiro atoms. The molecule has 4 rings (SSSR count). The van der Waals surface area contributed by atoms with E-state index in [1.54, 1.807) is 13.8 Å². The minimum atomic E-state index is -0.620. The number of carbonyl (C=O) groups is 2. The highest BCUT2D eigenvalue weighted by Gasteiger charge is 2.23. The Bertz CT molecular complexity index is 1150. The van der Waals surface area contributed by atoms with Crippen LogP contribution in [-0.2, 0) is 4.74 Å². The van der Waals surface area contributed by atoms with E-state index in [1.807, 2.05) is 54.6 Å². The molecule has 0 unspecified atom stereocenters. The average Bonchev–Trinajstić information content (AvgIpc) is 3.26. The number of ketones is 1. The third-order valence-electron chi connectivity index (χ3n) is 4.62. The molecule has 6 nitrogen and oxygen atoms in total. The summed E-state index contributed by atoms with van der Waals surface area (Å²) in [7, 11) is 0. The van der Waals surface area contributed by atoms with E-state index in [1.165, 1.54) is 0 Å². The third-order valence-corrected chi connectivity index (χ3v) is 4.62. The zero-order valence-electron chi connectivity index (χ0n) is 15.5. The maximum Gasteiger partial charge on any atom is 0.344 e. The molecule has 0 saturated carbocycles. The van der Waals surface area contributed by atoms with Crippen LogP contribution in [0.3, 0.4) is 0 Å². The Morgan fingerprint density at radius 2 is 1.71 bits per heavy atom. The molecule has 28 heavy (non-hydrogen) atoms. The van der Waals surface area contributed by atoms with Gasteiger partial charge >= 0.3 is 5.97 Å². The van der Waals surface area contributed by atoms with Crippen LogP contribution in [0.1, 0.15) is 32.2 Å². The summed E-state index contributed by atoms with van der Waals surface area (Å²) in [5.74, 6) is -0.533. The summed E-state index contributed by atoms with van der Waals surface area (Å²) >= 11 is 0. The maximum atomic E-state index is 13.0. The van der Waals surface area contributed by atoms with Crippen LogP contribution in [0.25, 0.3) is 22.2 Å². The van der Waals surface area contributed by atoms with Gasteiger partial charge in [0.15, 0.2) is 6.61 Å². The lowest BCUT2D eigenvalue weighted by Crippen LogP contribution is -2.15. The number of nitrogens with one attached hydrogen (secondary N) is 1.